The topological polar surface area (TPSA) is 120 Å². The van der Waals surface area contributed by atoms with Crippen LogP contribution >= 0.6 is 0 Å². The summed E-state index contributed by atoms with van der Waals surface area (Å²) in [4.78, 5) is 11.2. The van der Waals surface area contributed by atoms with Crippen molar-refractivity contribution in [2.45, 2.75) is 37.1 Å². The van der Waals surface area contributed by atoms with Gasteiger partial charge in [0.05, 0.1) is 0 Å². The van der Waals surface area contributed by atoms with Gasteiger partial charge in [0.2, 0.25) is 10.0 Å². The lowest BCUT2D eigenvalue weighted by Gasteiger charge is -2.30. The molecular formula is C12H22N4O3S. The minimum absolute atomic E-state index is 0.00789. The summed E-state index contributed by atoms with van der Waals surface area (Å²) in [5, 5.41) is 0. The highest BCUT2D eigenvalue weighted by atomic mass is 32.2. The van der Waals surface area contributed by atoms with Crippen LogP contribution in [0.15, 0.2) is 17.2 Å². The highest BCUT2D eigenvalue weighted by Crippen LogP contribution is 2.20. The Bertz CT molecular complexity index is 580. The first-order chi connectivity index (χ1) is 9.21. The molecule has 1 aromatic rings. The molecule has 1 rings (SSSR count). The van der Waals surface area contributed by atoms with E-state index in [4.69, 9.17) is 11.5 Å². The Morgan fingerprint density at radius 1 is 1.40 bits per heavy atom. The van der Waals surface area contributed by atoms with Gasteiger partial charge in [-0.25, -0.2) is 13.1 Å². The minimum Gasteiger partial charge on any atom is -0.364 e. The molecule has 5 N–H and O–H groups in total. The fraction of sp³-hybridized carbons (Fsp3) is 0.583. The van der Waals surface area contributed by atoms with Crippen LogP contribution < -0.4 is 16.2 Å². The van der Waals surface area contributed by atoms with Gasteiger partial charge in [0.25, 0.3) is 5.91 Å². The molecule has 1 aromatic heterocycles. The molecule has 0 atom stereocenters. The zero-order valence-corrected chi connectivity index (χ0v) is 12.8. The summed E-state index contributed by atoms with van der Waals surface area (Å²) in [5.41, 5.74) is 10.3. The van der Waals surface area contributed by atoms with E-state index in [0.717, 1.165) is 0 Å². The summed E-state index contributed by atoms with van der Waals surface area (Å²) in [7, 11) is -2.18. The number of carbonyl (C=O) groups is 1. The standard InChI is InChI=1S/C12H22N4O3S/c1-4-12(5-2,8-13)15-20(18,19)9-6-10(11(14)17)16(3)7-9/h6-7,15H,4-5,8,13H2,1-3H3,(H2,14,17). The predicted molar refractivity (Wildman–Crippen MR) is 76.6 cm³/mol. The van der Waals surface area contributed by atoms with Crippen LogP contribution in [0, 0.1) is 0 Å². The van der Waals surface area contributed by atoms with E-state index in [9.17, 15) is 13.2 Å². The van der Waals surface area contributed by atoms with Crippen molar-refractivity contribution in [3.63, 3.8) is 0 Å². The van der Waals surface area contributed by atoms with Gasteiger partial charge in [0.15, 0.2) is 0 Å². The van der Waals surface area contributed by atoms with Crippen LogP contribution in [0.2, 0.25) is 0 Å². The number of nitrogens with two attached hydrogens (primary N) is 2. The molecule has 7 nitrogen and oxygen atoms in total. The third-order valence-electron chi connectivity index (χ3n) is 3.64. The summed E-state index contributed by atoms with van der Waals surface area (Å²) in [6.07, 6.45) is 2.51. The van der Waals surface area contributed by atoms with Crippen molar-refractivity contribution in [1.82, 2.24) is 9.29 Å². The van der Waals surface area contributed by atoms with E-state index in [1.165, 1.54) is 16.8 Å². The maximum Gasteiger partial charge on any atom is 0.265 e. The lowest BCUT2D eigenvalue weighted by Crippen LogP contribution is -2.52. The highest BCUT2D eigenvalue weighted by Gasteiger charge is 2.31. The van der Waals surface area contributed by atoms with Crippen LogP contribution in [-0.4, -0.2) is 31.0 Å². The molecule has 114 valence electrons. The van der Waals surface area contributed by atoms with Crippen LogP contribution in [0.4, 0.5) is 0 Å². The molecule has 20 heavy (non-hydrogen) atoms. The Morgan fingerprint density at radius 3 is 2.30 bits per heavy atom. The average Bonchev–Trinajstić information content (AvgIpc) is 2.79. The number of sulfonamides is 1. The van der Waals surface area contributed by atoms with Crippen molar-refractivity contribution in [2.24, 2.45) is 18.5 Å². The van der Waals surface area contributed by atoms with Crippen molar-refractivity contribution in [3.8, 4) is 0 Å². The van der Waals surface area contributed by atoms with Gasteiger partial charge in [-0.15, -0.1) is 0 Å². The first-order valence-corrected chi connectivity index (χ1v) is 7.90. The molecule has 0 radical (unpaired) electrons. The monoisotopic (exact) mass is 302 g/mol. The van der Waals surface area contributed by atoms with Crippen molar-refractivity contribution < 1.29 is 13.2 Å². The van der Waals surface area contributed by atoms with Gasteiger partial charge in [-0.1, -0.05) is 13.8 Å². The van der Waals surface area contributed by atoms with Crippen LogP contribution in [0.25, 0.3) is 0 Å². The van der Waals surface area contributed by atoms with Crippen LogP contribution in [0.5, 0.6) is 0 Å². The molecule has 1 heterocycles. The van der Waals surface area contributed by atoms with Crippen molar-refractivity contribution in [3.05, 3.63) is 18.0 Å². The van der Waals surface area contributed by atoms with E-state index in [1.807, 2.05) is 13.8 Å². The number of hydrogen-bond donors (Lipinski definition) is 3. The molecule has 0 aliphatic rings. The quantitative estimate of drug-likeness (QED) is 0.652. The number of hydrogen-bond acceptors (Lipinski definition) is 4. The first kappa shape index (κ1) is 16.7. The summed E-state index contributed by atoms with van der Waals surface area (Å²) < 4.78 is 28.8. The molecule has 0 aliphatic heterocycles. The van der Waals surface area contributed by atoms with Gasteiger partial charge in [-0.2, -0.15) is 0 Å². The zero-order chi connectivity index (χ0) is 15.6. The van der Waals surface area contributed by atoms with E-state index in [-0.39, 0.29) is 17.1 Å². The Morgan fingerprint density at radius 2 is 1.95 bits per heavy atom. The van der Waals surface area contributed by atoms with E-state index in [2.05, 4.69) is 4.72 Å². The second-order valence-electron chi connectivity index (χ2n) is 4.83. The largest absolute Gasteiger partial charge is 0.364 e. The number of amides is 1. The lowest BCUT2D eigenvalue weighted by molar-refractivity contribution is 0.0992. The SMILES string of the molecule is CCC(CC)(CN)NS(=O)(=O)c1cc(C(N)=O)n(C)c1. The summed E-state index contributed by atoms with van der Waals surface area (Å²) in [6.45, 7) is 3.95. The third-order valence-corrected chi connectivity index (χ3v) is 5.18. The van der Waals surface area contributed by atoms with Gasteiger partial charge < -0.3 is 16.0 Å². The van der Waals surface area contributed by atoms with Gasteiger partial charge in [-0.05, 0) is 18.9 Å². The van der Waals surface area contributed by atoms with Crippen LogP contribution in [0.3, 0.4) is 0 Å². The summed E-state index contributed by atoms with van der Waals surface area (Å²) >= 11 is 0. The number of carbonyl (C=O) groups excluding carboxylic acids is 1. The number of nitrogens with zero attached hydrogens (tertiary/aromatic N) is 1. The van der Waals surface area contributed by atoms with Gasteiger partial charge in [0.1, 0.15) is 10.6 Å². The Hall–Kier alpha value is -1.38. The summed E-state index contributed by atoms with van der Waals surface area (Å²) in [5.74, 6) is -0.676. The fourth-order valence-electron chi connectivity index (χ4n) is 1.99. The molecule has 0 bridgehead atoms. The highest BCUT2D eigenvalue weighted by molar-refractivity contribution is 7.89. The van der Waals surface area contributed by atoms with E-state index in [0.29, 0.717) is 12.8 Å². The third kappa shape index (κ3) is 3.20. The molecule has 1 amide bonds. The van der Waals surface area contributed by atoms with E-state index >= 15 is 0 Å². The smallest absolute Gasteiger partial charge is 0.265 e. The first-order valence-electron chi connectivity index (χ1n) is 6.41. The molecular weight excluding hydrogens is 280 g/mol. The molecule has 0 saturated carbocycles. The van der Waals surface area contributed by atoms with Crippen molar-refractivity contribution in [2.75, 3.05) is 6.54 Å². The van der Waals surface area contributed by atoms with Gasteiger partial charge >= 0.3 is 0 Å². The number of rotatable bonds is 7. The molecule has 0 aliphatic carbocycles. The molecule has 8 heteroatoms. The number of primary amides is 1. The molecule has 0 aromatic carbocycles. The molecule has 0 spiro atoms. The second kappa shape index (κ2) is 5.94. The van der Waals surface area contributed by atoms with Crippen LogP contribution in [-0.2, 0) is 17.1 Å². The van der Waals surface area contributed by atoms with E-state index < -0.39 is 21.5 Å². The zero-order valence-electron chi connectivity index (χ0n) is 12.0. The Kier molecular flexibility index (Phi) is 4.95. The molecule has 0 unspecified atom stereocenters. The minimum atomic E-state index is -3.75. The molecule has 0 fully saturated rings. The van der Waals surface area contributed by atoms with Crippen molar-refractivity contribution >= 4 is 15.9 Å². The maximum absolute atomic E-state index is 12.4. The fourth-order valence-corrected chi connectivity index (χ4v) is 3.62. The average molecular weight is 302 g/mol. The predicted octanol–water partition coefficient (Wildman–Crippen LogP) is -0.0802. The maximum atomic E-state index is 12.4. The lowest BCUT2D eigenvalue weighted by atomic mass is 9.95. The summed E-state index contributed by atoms with van der Waals surface area (Å²) in [6, 6.07) is 1.26. The van der Waals surface area contributed by atoms with Crippen molar-refractivity contribution in [1.29, 1.82) is 0 Å². The van der Waals surface area contributed by atoms with Crippen LogP contribution in [0.1, 0.15) is 37.2 Å². The van der Waals surface area contributed by atoms with E-state index in [1.54, 1.807) is 7.05 Å². The normalized spacial score (nSPS) is 12.6. The van der Waals surface area contributed by atoms with Gasteiger partial charge in [-0.3, -0.25) is 4.79 Å². The number of nitrogens with one attached hydrogen (secondary N) is 1. The Labute approximate surface area is 119 Å². The van der Waals surface area contributed by atoms with Gasteiger partial charge in [0, 0.05) is 25.3 Å². The Balaban J connectivity index is 3.17. The molecule has 0 saturated heterocycles. The second-order valence-corrected chi connectivity index (χ2v) is 6.52. The number of aromatic nitrogens is 1. The number of aryl methyl sites for hydroxylation is 1.